The van der Waals surface area contributed by atoms with Gasteiger partial charge in [0.05, 0.1) is 16.6 Å². The fourth-order valence-corrected chi connectivity index (χ4v) is 3.60. The molecule has 0 aliphatic rings. The van der Waals surface area contributed by atoms with Crippen LogP contribution < -0.4 is 5.56 Å². The van der Waals surface area contributed by atoms with E-state index >= 15 is 0 Å². The van der Waals surface area contributed by atoms with Gasteiger partial charge in [0.2, 0.25) is 0 Å². The lowest BCUT2D eigenvalue weighted by molar-refractivity contribution is 0.625. The molecule has 0 aliphatic carbocycles. The molecule has 128 valence electrons. The number of thiophene rings is 1. The van der Waals surface area contributed by atoms with Crippen molar-refractivity contribution in [3.05, 3.63) is 92.4 Å². The molecule has 4 rings (SSSR count). The van der Waals surface area contributed by atoms with Crippen LogP contribution in [0, 0.1) is 12.7 Å². The minimum atomic E-state index is -0.315. The van der Waals surface area contributed by atoms with Gasteiger partial charge in [0, 0.05) is 16.3 Å². The van der Waals surface area contributed by atoms with Crippen LogP contribution in [-0.2, 0) is 0 Å². The second-order valence-corrected chi connectivity index (χ2v) is 6.67. The van der Waals surface area contributed by atoms with E-state index in [0.717, 1.165) is 11.3 Å². The van der Waals surface area contributed by atoms with Crippen LogP contribution >= 0.6 is 11.3 Å². The normalized spacial score (nSPS) is 11.5. The second-order valence-electron chi connectivity index (χ2n) is 5.92. The van der Waals surface area contributed by atoms with Crippen LogP contribution in [0.2, 0.25) is 0 Å². The summed E-state index contributed by atoms with van der Waals surface area (Å²) in [5.41, 5.74) is 2.71. The summed E-state index contributed by atoms with van der Waals surface area (Å²) in [6.45, 7) is 1.95. The fraction of sp³-hybridized carbons (Fsp3) is 0.0476. The molecule has 4 aromatic rings. The van der Waals surface area contributed by atoms with Crippen molar-refractivity contribution in [2.75, 3.05) is 0 Å². The van der Waals surface area contributed by atoms with Crippen molar-refractivity contribution in [1.29, 1.82) is 0 Å². The summed E-state index contributed by atoms with van der Waals surface area (Å²) in [5.74, 6) is 0.156. The highest BCUT2D eigenvalue weighted by atomic mass is 32.1. The van der Waals surface area contributed by atoms with Gasteiger partial charge < -0.3 is 0 Å². The third kappa shape index (κ3) is 2.86. The van der Waals surface area contributed by atoms with Gasteiger partial charge in [-0.15, -0.1) is 11.3 Å². The van der Waals surface area contributed by atoms with Crippen LogP contribution in [0.4, 0.5) is 4.39 Å². The molecule has 0 aliphatic heterocycles. The summed E-state index contributed by atoms with van der Waals surface area (Å²) >= 11 is 1.44. The lowest BCUT2D eigenvalue weighted by Crippen LogP contribution is -2.22. The number of hydrogen-bond donors (Lipinski definition) is 0. The standard InChI is InChI=1S/C21H15FN2OS/c1-14-6-2-5-9-19(14)24-20(11-10-15-7-3-4-8-17(15)22)23-18-13-26-12-16(18)21(24)25/h2-13H,1H3/b11-10+. The van der Waals surface area contributed by atoms with Gasteiger partial charge in [-0.3, -0.25) is 9.36 Å². The maximum atomic E-state index is 13.9. The predicted molar refractivity (Wildman–Crippen MR) is 105 cm³/mol. The Morgan fingerprint density at radius 3 is 2.62 bits per heavy atom. The Morgan fingerprint density at radius 1 is 1.04 bits per heavy atom. The topological polar surface area (TPSA) is 34.9 Å². The van der Waals surface area contributed by atoms with E-state index in [1.165, 1.54) is 17.4 Å². The van der Waals surface area contributed by atoms with Crippen LogP contribution in [-0.4, -0.2) is 9.55 Å². The predicted octanol–water partition coefficient (Wildman–Crippen LogP) is 5.07. The monoisotopic (exact) mass is 362 g/mol. The molecule has 2 heterocycles. The Bertz CT molecular complexity index is 1190. The zero-order valence-corrected chi connectivity index (χ0v) is 14.8. The highest BCUT2D eigenvalue weighted by Crippen LogP contribution is 2.20. The first-order valence-corrected chi connectivity index (χ1v) is 9.07. The fourth-order valence-electron chi connectivity index (χ4n) is 2.87. The molecule has 5 heteroatoms. The first kappa shape index (κ1) is 16.4. The lowest BCUT2D eigenvalue weighted by atomic mass is 10.1. The maximum Gasteiger partial charge on any atom is 0.267 e. The molecule has 2 aromatic carbocycles. The smallest absolute Gasteiger partial charge is 0.267 e. The Balaban J connectivity index is 1.96. The minimum Gasteiger partial charge on any atom is -0.268 e. The number of aromatic nitrogens is 2. The summed E-state index contributed by atoms with van der Waals surface area (Å²) in [5, 5.41) is 4.24. The molecule has 0 unspecified atom stereocenters. The van der Waals surface area contributed by atoms with Gasteiger partial charge >= 0.3 is 0 Å². The lowest BCUT2D eigenvalue weighted by Gasteiger charge is -2.12. The molecular weight excluding hydrogens is 347 g/mol. The number of fused-ring (bicyclic) bond motifs is 1. The van der Waals surface area contributed by atoms with Crippen molar-refractivity contribution in [3.63, 3.8) is 0 Å². The largest absolute Gasteiger partial charge is 0.268 e. The van der Waals surface area contributed by atoms with Gasteiger partial charge in [0.25, 0.3) is 5.56 Å². The van der Waals surface area contributed by atoms with Crippen LogP contribution in [0.15, 0.2) is 64.1 Å². The Kier molecular flexibility index (Phi) is 4.22. The third-order valence-electron chi connectivity index (χ3n) is 4.21. The van der Waals surface area contributed by atoms with E-state index in [1.54, 1.807) is 34.9 Å². The summed E-state index contributed by atoms with van der Waals surface area (Å²) in [7, 11) is 0. The zero-order valence-electron chi connectivity index (χ0n) is 14.0. The van der Waals surface area contributed by atoms with Crippen molar-refractivity contribution in [2.45, 2.75) is 6.92 Å². The SMILES string of the molecule is Cc1ccccc1-n1c(/C=C/c2ccccc2F)nc2cscc2c1=O. The van der Waals surface area contributed by atoms with E-state index in [4.69, 9.17) is 0 Å². The highest BCUT2D eigenvalue weighted by Gasteiger charge is 2.13. The minimum absolute atomic E-state index is 0.126. The molecule has 0 saturated heterocycles. The summed E-state index contributed by atoms with van der Waals surface area (Å²) in [6.07, 6.45) is 3.33. The van der Waals surface area contributed by atoms with Crippen molar-refractivity contribution in [1.82, 2.24) is 9.55 Å². The van der Waals surface area contributed by atoms with Gasteiger partial charge in [-0.05, 0) is 36.8 Å². The number of aryl methyl sites for hydroxylation is 1. The molecule has 0 saturated carbocycles. The number of hydrogen-bond acceptors (Lipinski definition) is 3. The van der Waals surface area contributed by atoms with E-state index in [0.29, 0.717) is 22.3 Å². The van der Waals surface area contributed by atoms with Crippen LogP contribution in [0.25, 0.3) is 28.7 Å². The Morgan fingerprint density at radius 2 is 1.81 bits per heavy atom. The molecule has 0 fully saturated rings. The molecule has 0 amide bonds. The number of benzene rings is 2. The van der Waals surface area contributed by atoms with Gasteiger partial charge in [0.1, 0.15) is 11.6 Å². The molecule has 0 radical (unpaired) electrons. The average molecular weight is 362 g/mol. The second kappa shape index (κ2) is 6.69. The number of halogens is 1. The van der Waals surface area contributed by atoms with E-state index in [-0.39, 0.29) is 11.4 Å². The molecule has 0 spiro atoms. The molecule has 26 heavy (non-hydrogen) atoms. The summed E-state index contributed by atoms with van der Waals surface area (Å²) < 4.78 is 15.5. The van der Waals surface area contributed by atoms with Crippen LogP contribution in [0.1, 0.15) is 17.0 Å². The van der Waals surface area contributed by atoms with Crippen molar-refractivity contribution in [3.8, 4) is 5.69 Å². The first-order chi connectivity index (χ1) is 12.6. The molecule has 3 nitrogen and oxygen atoms in total. The first-order valence-electron chi connectivity index (χ1n) is 8.13. The number of rotatable bonds is 3. The van der Waals surface area contributed by atoms with Crippen molar-refractivity contribution in [2.24, 2.45) is 0 Å². The van der Waals surface area contributed by atoms with Crippen molar-refractivity contribution < 1.29 is 4.39 Å². The van der Waals surface area contributed by atoms with E-state index in [1.807, 2.05) is 41.9 Å². The van der Waals surface area contributed by atoms with Crippen LogP contribution in [0.3, 0.4) is 0 Å². The summed E-state index contributed by atoms with van der Waals surface area (Å²) in [6, 6.07) is 14.2. The highest BCUT2D eigenvalue weighted by molar-refractivity contribution is 7.09. The quantitative estimate of drug-likeness (QED) is 0.510. The van der Waals surface area contributed by atoms with Gasteiger partial charge in [-0.1, -0.05) is 36.4 Å². The maximum absolute atomic E-state index is 13.9. The van der Waals surface area contributed by atoms with E-state index in [9.17, 15) is 9.18 Å². The van der Waals surface area contributed by atoms with Gasteiger partial charge in [-0.2, -0.15) is 0 Å². The third-order valence-corrected chi connectivity index (χ3v) is 4.94. The van der Waals surface area contributed by atoms with Gasteiger partial charge in [0.15, 0.2) is 0 Å². The molecular formula is C21H15FN2OS. The molecule has 0 N–H and O–H groups in total. The van der Waals surface area contributed by atoms with Crippen LogP contribution in [0.5, 0.6) is 0 Å². The Labute approximate surface area is 153 Å². The number of nitrogens with zero attached hydrogens (tertiary/aromatic N) is 2. The summed E-state index contributed by atoms with van der Waals surface area (Å²) in [4.78, 5) is 17.7. The van der Waals surface area contributed by atoms with Crippen molar-refractivity contribution >= 4 is 34.4 Å². The number of para-hydroxylation sites is 1. The molecule has 0 atom stereocenters. The van der Waals surface area contributed by atoms with Gasteiger partial charge in [-0.25, -0.2) is 9.37 Å². The van der Waals surface area contributed by atoms with E-state index < -0.39 is 0 Å². The molecule has 2 aromatic heterocycles. The average Bonchev–Trinajstić information content (AvgIpc) is 3.11. The van der Waals surface area contributed by atoms with E-state index in [2.05, 4.69) is 4.98 Å². The Hall–Kier alpha value is -3.05. The molecule has 0 bridgehead atoms. The zero-order chi connectivity index (χ0) is 18.1.